The minimum atomic E-state index is -0.319. The second kappa shape index (κ2) is 11.2. The summed E-state index contributed by atoms with van der Waals surface area (Å²) in [6.45, 7) is 0. The molecule has 7 nitrogen and oxygen atoms in total. The Balaban J connectivity index is 1.20. The van der Waals surface area contributed by atoms with Crippen LogP contribution in [0.4, 0.5) is 10.8 Å². The van der Waals surface area contributed by atoms with Crippen LogP contribution in [0.25, 0.3) is 38.1 Å². The van der Waals surface area contributed by atoms with Gasteiger partial charge < -0.3 is 0 Å². The Hall–Kier alpha value is -4.47. The third-order valence-corrected chi connectivity index (χ3v) is 9.19. The number of thiazole rings is 2. The van der Waals surface area contributed by atoms with E-state index in [4.69, 9.17) is 4.98 Å². The third-order valence-electron chi connectivity index (χ3n) is 7.43. The van der Waals surface area contributed by atoms with Gasteiger partial charge in [-0.05, 0) is 29.9 Å². The number of aromatic amines is 1. The van der Waals surface area contributed by atoms with Gasteiger partial charge in [0.15, 0.2) is 5.69 Å². The Bertz CT molecular complexity index is 1860. The number of nitrogens with zero attached hydrogens (tertiary/aromatic N) is 5. The highest BCUT2D eigenvalue weighted by Crippen LogP contribution is 2.37. The highest BCUT2D eigenvalue weighted by molar-refractivity contribution is 7.18. The van der Waals surface area contributed by atoms with Crippen LogP contribution in [-0.4, -0.2) is 19.7 Å². The zero-order chi connectivity index (χ0) is 27.6. The maximum atomic E-state index is 13.6. The standard InChI is InChI=1S/C32H26N6OS2/c39-30-29(35-36-31-33-19-27(41-31)24-17-15-22(16-18-24)21-9-7-8-10-21)28(25-13-5-2-6-14-25)37-38(30)32-34-26(20-40-32)23-11-3-1-4-12-23/h1-6,11-21,37H,7-10H2. The van der Waals surface area contributed by atoms with Crippen LogP contribution >= 0.6 is 22.7 Å². The molecule has 3 aromatic carbocycles. The lowest BCUT2D eigenvalue weighted by Gasteiger charge is -2.09. The fourth-order valence-electron chi connectivity index (χ4n) is 5.29. The quantitative estimate of drug-likeness (QED) is 0.193. The van der Waals surface area contributed by atoms with Gasteiger partial charge in [0.05, 0.1) is 16.3 Å². The molecule has 1 fully saturated rings. The van der Waals surface area contributed by atoms with E-state index in [2.05, 4.69) is 44.6 Å². The Morgan fingerprint density at radius 2 is 1.54 bits per heavy atom. The van der Waals surface area contributed by atoms with Crippen molar-refractivity contribution in [3.8, 4) is 38.1 Å². The maximum Gasteiger partial charge on any atom is 0.301 e. The van der Waals surface area contributed by atoms with Gasteiger partial charge in [-0.3, -0.25) is 9.89 Å². The van der Waals surface area contributed by atoms with Crippen molar-refractivity contribution in [1.29, 1.82) is 0 Å². The van der Waals surface area contributed by atoms with Crippen LogP contribution in [0.15, 0.2) is 112 Å². The lowest BCUT2D eigenvalue weighted by Crippen LogP contribution is -2.13. The van der Waals surface area contributed by atoms with Gasteiger partial charge in [-0.25, -0.2) is 9.97 Å². The number of aromatic nitrogens is 4. The molecule has 0 aliphatic heterocycles. The lowest BCUT2D eigenvalue weighted by molar-refractivity contribution is 0.723. The second-order valence-corrected chi connectivity index (χ2v) is 11.9. The van der Waals surface area contributed by atoms with Gasteiger partial charge in [0, 0.05) is 22.7 Å². The van der Waals surface area contributed by atoms with Gasteiger partial charge in [-0.1, -0.05) is 109 Å². The van der Waals surface area contributed by atoms with E-state index in [9.17, 15) is 4.79 Å². The van der Waals surface area contributed by atoms with Crippen LogP contribution < -0.4 is 5.56 Å². The van der Waals surface area contributed by atoms with Crippen molar-refractivity contribution in [1.82, 2.24) is 19.7 Å². The van der Waals surface area contributed by atoms with E-state index in [0.29, 0.717) is 21.9 Å². The van der Waals surface area contributed by atoms with Crippen LogP contribution in [0.5, 0.6) is 0 Å². The van der Waals surface area contributed by atoms with Crippen molar-refractivity contribution in [3.63, 3.8) is 0 Å². The first-order valence-electron chi connectivity index (χ1n) is 13.6. The summed E-state index contributed by atoms with van der Waals surface area (Å²) in [5.74, 6) is 0.688. The molecule has 3 aromatic heterocycles. The molecule has 0 saturated heterocycles. The summed E-state index contributed by atoms with van der Waals surface area (Å²) in [6.07, 6.45) is 7.04. The number of nitrogens with one attached hydrogen (secondary N) is 1. The molecule has 41 heavy (non-hydrogen) atoms. The number of H-pyrrole nitrogens is 1. The minimum absolute atomic E-state index is 0.213. The van der Waals surface area contributed by atoms with E-state index >= 15 is 0 Å². The summed E-state index contributed by atoms with van der Waals surface area (Å²) in [4.78, 5) is 23.8. The van der Waals surface area contributed by atoms with Gasteiger partial charge in [0.2, 0.25) is 10.3 Å². The molecular weight excluding hydrogens is 549 g/mol. The molecule has 3 heterocycles. The van der Waals surface area contributed by atoms with E-state index in [1.54, 1.807) is 0 Å². The van der Waals surface area contributed by atoms with Gasteiger partial charge in [0.1, 0.15) is 0 Å². The van der Waals surface area contributed by atoms with Crippen LogP contribution in [0.2, 0.25) is 0 Å². The average molecular weight is 575 g/mol. The molecule has 1 saturated carbocycles. The number of rotatable bonds is 7. The van der Waals surface area contributed by atoms with Crippen molar-refractivity contribution in [2.24, 2.45) is 10.2 Å². The molecule has 1 aliphatic carbocycles. The van der Waals surface area contributed by atoms with Crippen LogP contribution in [0.3, 0.4) is 0 Å². The highest BCUT2D eigenvalue weighted by atomic mass is 32.1. The summed E-state index contributed by atoms with van der Waals surface area (Å²) in [5, 5.41) is 15.0. The van der Waals surface area contributed by atoms with E-state index in [0.717, 1.165) is 27.3 Å². The smallest absolute Gasteiger partial charge is 0.286 e. The maximum absolute atomic E-state index is 13.6. The molecule has 0 amide bonds. The van der Waals surface area contributed by atoms with Gasteiger partial charge in [-0.2, -0.15) is 4.68 Å². The molecule has 1 N–H and O–H groups in total. The van der Waals surface area contributed by atoms with Crippen molar-refractivity contribution < 1.29 is 0 Å². The Morgan fingerprint density at radius 3 is 2.27 bits per heavy atom. The molecule has 202 valence electrons. The lowest BCUT2D eigenvalue weighted by atomic mass is 9.96. The number of azo groups is 1. The predicted octanol–water partition coefficient (Wildman–Crippen LogP) is 9.15. The van der Waals surface area contributed by atoms with Crippen molar-refractivity contribution in [2.45, 2.75) is 31.6 Å². The highest BCUT2D eigenvalue weighted by Gasteiger charge is 2.20. The molecule has 0 spiro atoms. The largest absolute Gasteiger partial charge is 0.301 e. The molecule has 1 aliphatic rings. The van der Waals surface area contributed by atoms with Crippen molar-refractivity contribution in [3.05, 3.63) is 112 Å². The van der Waals surface area contributed by atoms with E-state index < -0.39 is 0 Å². The molecule has 0 unspecified atom stereocenters. The molecule has 0 radical (unpaired) electrons. The molecular formula is C32H26N6OS2. The fraction of sp³-hybridized carbons (Fsp3) is 0.156. The molecule has 7 rings (SSSR count). The van der Waals surface area contributed by atoms with Crippen LogP contribution in [0.1, 0.15) is 37.2 Å². The summed E-state index contributed by atoms with van der Waals surface area (Å²) < 4.78 is 1.44. The zero-order valence-corrected chi connectivity index (χ0v) is 23.7. The molecule has 0 atom stereocenters. The monoisotopic (exact) mass is 574 g/mol. The first kappa shape index (κ1) is 25.5. The van der Waals surface area contributed by atoms with Crippen molar-refractivity contribution >= 4 is 33.5 Å². The van der Waals surface area contributed by atoms with Crippen molar-refractivity contribution in [2.75, 3.05) is 0 Å². The Morgan fingerprint density at radius 1 is 0.829 bits per heavy atom. The van der Waals surface area contributed by atoms with Crippen LogP contribution in [-0.2, 0) is 0 Å². The molecule has 9 heteroatoms. The van der Waals surface area contributed by atoms with Gasteiger partial charge in [0.25, 0.3) is 0 Å². The number of benzene rings is 3. The summed E-state index contributed by atoms with van der Waals surface area (Å²) in [6, 6.07) is 28.4. The number of hydrogen-bond acceptors (Lipinski definition) is 7. The van der Waals surface area contributed by atoms with Gasteiger partial charge >= 0.3 is 5.56 Å². The van der Waals surface area contributed by atoms with E-state index in [1.807, 2.05) is 72.2 Å². The zero-order valence-electron chi connectivity index (χ0n) is 22.1. The Labute approximate surface area is 244 Å². The summed E-state index contributed by atoms with van der Waals surface area (Å²) >= 11 is 2.85. The van der Waals surface area contributed by atoms with E-state index in [-0.39, 0.29) is 11.2 Å². The first-order valence-corrected chi connectivity index (χ1v) is 15.3. The van der Waals surface area contributed by atoms with Gasteiger partial charge in [-0.15, -0.1) is 21.6 Å². The normalized spacial score (nSPS) is 13.9. The third kappa shape index (κ3) is 5.21. The predicted molar refractivity (Wildman–Crippen MR) is 166 cm³/mol. The Kier molecular flexibility index (Phi) is 6.96. The SMILES string of the molecule is O=c1c(N=Nc2ncc(-c3ccc(C4CCCC4)cc3)s2)c(-c2ccccc2)[nH]n1-c1nc(-c2ccccc2)cs1. The molecule has 0 bridgehead atoms. The van der Waals surface area contributed by atoms with E-state index in [1.165, 1.54) is 58.6 Å². The fourth-order valence-corrected chi connectivity index (χ4v) is 6.82. The number of hydrogen-bond donors (Lipinski definition) is 1. The summed E-state index contributed by atoms with van der Waals surface area (Å²) in [7, 11) is 0. The average Bonchev–Trinajstić information content (AvgIpc) is 3.85. The minimum Gasteiger partial charge on any atom is -0.286 e. The second-order valence-electron chi connectivity index (χ2n) is 10.0. The topological polar surface area (TPSA) is 88.3 Å². The van der Waals surface area contributed by atoms with Crippen LogP contribution in [0, 0.1) is 0 Å². The molecule has 6 aromatic rings. The summed E-state index contributed by atoms with van der Waals surface area (Å²) in [5.41, 5.74) is 5.64. The first-order chi connectivity index (χ1) is 20.2.